The van der Waals surface area contributed by atoms with Crippen molar-refractivity contribution >= 4 is 23.1 Å². The van der Waals surface area contributed by atoms with E-state index in [0.29, 0.717) is 5.52 Å². The Morgan fingerprint density at radius 1 is 0.889 bits per heavy atom. The minimum atomic E-state index is -0.0626. The molecule has 4 rings (SSSR count). The largest absolute Gasteiger partial charge is 0.497 e. The molecule has 0 spiro atoms. The molecule has 0 unspecified atom stereocenters. The van der Waals surface area contributed by atoms with Gasteiger partial charge in [0.1, 0.15) is 11.3 Å². The second-order valence-electron chi connectivity index (χ2n) is 6.09. The lowest BCUT2D eigenvalue weighted by molar-refractivity contribution is 0.414. The van der Waals surface area contributed by atoms with Crippen LogP contribution >= 0.6 is 0 Å². The second-order valence-corrected chi connectivity index (χ2v) is 6.09. The normalized spacial score (nSPS) is 11.1. The van der Waals surface area contributed by atoms with Crippen molar-refractivity contribution in [2.45, 2.75) is 0 Å². The van der Waals surface area contributed by atoms with E-state index in [1.54, 1.807) is 23.9 Å². The molecular formula is C23H18N2O2. The quantitative estimate of drug-likeness (QED) is 0.539. The molecule has 4 nitrogen and oxygen atoms in total. The number of methoxy groups -OCH3 is 1. The van der Waals surface area contributed by atoms with Gasteiger partial charge in [-0.3, -0.25) is 4.79 Å². The first-order valence-electron chi connectivity index (χ1n) is 8.66. The van der Waals surface area contributed by atoms with Crippen LogP contribution in [-0.2, 0) is 0 Å². The van der Waals surface area contributed by atoms with Gasteiger partial charge in [0.05, 0.1) is 18.5 Å². The monoisotopic (exact) mass is 354 g/mol. The van der Waals surface area contributed by atoms with Gasteiger partial charge in [-0.2, -0.15) is 5.10 Å². The van der Waals surface area contributed by atoms with Crippen molar-refractivity contribution in [3.05, 3.63) is 100 Å². The fraction of sp³-hybridized carbons (Fsp3) is 0.0435. The summed E-state index contributed by atoms with van der Waals surface area (Å²) in [4.78, 5) is 12.6. The third kappa shape index (κ3) is 3.37. The first-order chi connectivity index (χ1) is 13.3. The van der Waals surface area contributed by atoms with Crippen LogP contribution in [0.25, 0.3) is 28.7 Å². The molecule has 4 aromatic rings. The molecule has 0 aliphatic carbocycles. The molecule has 0 bridgehead atoms. The van der Waals surface area contributed by atoms with Crippen molar-refractivity contribution in [1.29, 1.82) is 0 Å². The Morgan fingerprint density at radius 3 is 2.48 bits per heavy atom. The fourth-order valence-electron chi connectivity index (χ4n) is 3.02. The number of nitrogens with zero attached hydrogens (tertiary/aromatic N) is 2. The molecule has 0 N–H and O–H groups in total. The molecule has 0 atom stereocenters. The maximum atomic E-state index is 12.6. The highest BCUT2D eigenvalue weighted by Crippen LogP contribution is 2.21. The predicted octanol–water partition coefficient (Wildman–Crippen LogP) is 4.56. The van der Waals surface area contributed by atoms with Gasteiger partial charge >= 0.3 is 0 Å². The molecule has 0 fully saturated rings. The van der Waals surface area contributed by atoms with Crippen LogP contribution in [0.15, 0.2) is 83.7 Å². The van der Waals surface area contributed by atoms with E-state index in [2.05, 4.69) is 0 Å². The average Bonchev–Trinajstić information content (AvgIpc) is 2.98. The summed E-state index contributed by atoms with van der Waals surface area (Å²) in [5.74, 6) is 0.796. The molecule has 1 aromatic heterocycles. The number of hydrogen-bond donors (Lipinski definition) is 0. The van der Waals surface area contributed by atoms with Gasteiger partial charge in [0.25, 0.3) is 0 Å². The standard InChI is InChI=1S/C23H18N2O2/c1-27-19-11-7-8-17(16-19)14-15-21-20-12-5-6-13-22(26)23(20)25(24-21)18-9-3-2-4-10-18/h2-16H,1H3/b15-14+. The zero-order chi connectivity index (χ0) is 18.6. The zero-order valence-electron chi connectivity index (χ0n) is 14.9. The van der Waals surface area contributed by atoms with Crippen LogP contribution in [0.4, 0.5) is 0 Å². The first kappa shape index (κ1) is 16.8. The van der Waals surface area contributed by atoms with Crippen LogP contribution in [0.1, 0.15) is 11.3 Å². The highest BCUT2D eigenvalue weighted by molar-refractivity contribution is 5.90. The molecule has 0 radical (unpaired) electrons. The summed E-state index contributed by atoms with van der Waals surface area (Å²) < 4.78 is 6.98. The van der Waals surface area contributed by atoms with Crippen molar-refractivity contribution in [3.63, 3.8) is 0 Å². The molecule has 3 aromatic carbocycles. The SMILES string of the molecule is COc1cccc(/C=C/c2nn(-c3ccccc3)c3c(=O)ccccc23)c1. The minimum absolute atomic E-state index is 0.0626. The number of para-hydroxylation sites is 1. The second kappa shape index (κ2) is 7.30. The molecule has 1 heterocycles. The summed E-state index contributed by atoms with van der Waals surface area (Å²) in [5.41, 5.74) is 3.10. The van der Waals surface area contributed by atoms with E-state index >= 15 is 0 Å². The van der Waals surface area contributed by atoms with E-state index in [-0.39, 0.29) is 5.43 Å². The van der Waals surface area contributed by atoms with E-state index in [9.17, 15) is 4.79 Å². The zero-order valence-corrected chi connectivity index (χ0v) is 14.9. The highest BCUT2D eigenvalue weighted by Gasteiger charge is 2.11. The molecule has 0 saturated heterocycles. The highest BCUT2D eigenvalue weighted by atomic mass is 16.5. The maximum absolute atomic E-state index is 12.6. The van der Waals surface area contributed by atoms with Crippen LogP contribution in [0.5, 0.6) is 5.75 Å². The Morgan fingerprint density at radius 2 is 1.67 bits per heavy atom. The van der Waals surface area contributed by atoms with Crippen LogP contribution in [-0.4, -0.2) is 16.9 Å². The molecular weight excluding hydrogens is 336 g/mol. The average molecular weight is 354 g/mol. The molecule has 4 heteroatoms. The van der Waals surface area contributed by atoms with Gasteiger partial charge in [-0.25, -0.2) is 4.68 Å². The number of benzene rings is 2. The molecule has 0 aliphatic heterocycles. The van der Waals surface area contributed by atoms with Gasteiger partial charge in [0, 0.05) is 5.39 Å². The van der Waals surface area contributed by atoms with Gasteiger partial charge in [0.15, 0.2) is 0 Å². The van der Waals surface area contributed by atoms with Gasteiger partial charge in [-0.1, -0.05) is 54.6 Å². The van der Waals surface area contributed by atoms with Gasteiger partial charge in [-0.15, -0.1) is 0 Å². The van der Waals surface area contributed by atoms with Crippen LogP contribution in [0.2, 0.25) is 0 Å². The topological polar surface area (TPSA) is 44.1 Å². The van der Waals surface area contributed by atoms with E-state index in [1.165, 1.54) is 0 Å². The van der Waals surface area contributed by atoms with Crippen LogP contribution in [0, 0.1) is 0 Å². The number of hydrogen-bond acceptors (Lipinski definition) is 3. The van der Waals surface area contributed by atoms with Crippen molar-refractivity contribution in [2.75, 3.05) is 7.11 Å². The molecule has 0 saturated carbocycles. The van der Waals surface area contributed by atoms with E-state index in [1.807, 2.05) is 78.9 Å². The first-order valence-corrected chi connectivity index (χ1v) is 8.66. The maximum Gasteiger partial charge on any atom is 0.204 e. The van der Waals surface area contributed by atoms with E-state index in [0.717, 1.165) is 28.1 Å². The smallest absolute Gasteiger partial charge is 0.204 e. The molecule has 0 amide bonds. The minimum Gasteiger partial charge on any atom is -0.497 e. The summed E-state index contributed by atoms with van der Waals surface area (Å²) in [6.07, 6.45) is 3.90. The van der Waals surface area contributed by atoms with Crippen LogP contribution < -0.4 is 10.2 Å². The van der Waals surface area contributed by atoms with E-state index in [4.69, 9.17) is 9.84 Å². The third-order valence-electron chi connectivity index (χ3n) is 4.33. The third-order valence-corrected chi connectivity index (χ3v) is 4.33. The summed E-state index contributed by atoms with van der Waals surface area (Å²) in [7, 11) is 1.65. The molecule has 132 valence electrons. The van der Waals surface area contributed by atoms with Crippen molar-refractivity contribution in [2.24, 2.45) is 0 Å². The van der Waals surface area contributed by atoms with E-state index < -0.39 is 0 Å². The summed E-state index contributed by atoms with van der Waals surface area (Å²) in [5, 5.41) is 5.52. The lowest BCUT2D eigenvalue weighted by atomic mass is 10.1. The summed E-state index contributed by atoms with van der Waals surface area (Å²) in [6, 6.07) is 24.6. The van der Waals surface area contributed by atoms with Gasteiger partial charge in [0.2, 0.25) is 5.43 Å². The molecule has 0 aliphatic rings. The lowest BCUT2D eigenvalue weighted by Gasteiger charge is -2.01. The Kier molecular flexibility index (Phi) is 4.54. The number of ether oxygens (including phenoxy) is 1. The summed E-state index contributed by atoms with van der Waals surface area (Å²) >= 11 is 0. The van der Waals surface area contributed by atoms with Crippen molar-refractivity contribution in [1.82, 2.24) is 9.78 Å². The van der Waals surface area contributed by atoms with Gasteiger partial charge < -0.3 is 4.74 Å². The van der Waals surface area contributed by atoms with Gasteiger partial charge in [-0.05, 0) is 42.0 Å². The Balaban J connectivity index is 1.89. The molecule has 27 heavy (non-hydrogen) atoms. The number of aromatic nitrogens is 2. The van der Waals surface area contributed by atoms with Crippen molar-refractivity contribution in [3.8, 4) is 11.4 Å². The Hall–Kier alpha value is -3.66. The fourth-order valence-corrected chi connectivity index (χ4v) is 3.02. The van der Waals surface area contributed by atoms with Crippen molar-refractivity contribution < 1.29 is 4.74 Å². The van der Waals surface area contributed by atoms with Crippen LogP contribution in [0.3, 0.4) is 0 Å². The Labute approximate surface area is 157 Å². The Bertz CT molecular complexity index is 1180. The summed E-state index contributed by atoms with van der Waals surface area (Å²) in [6.45, 7) is 0. The number of rotatable bonds is 4. The number of fused-ring (bicyclic) bond motifs is 1. The lowest BCUT2D eigenvalue weighted by Crippen LogP contribution is -2.04. The predicted molar refractivity (Wildman–Crippen MR) is 109 cm³/mol.